The fourth-order valence-electron chi connectivity index (χ4n) is 5.87. The van der Waals surface area contributed by atoms with Crippen molar-refractivity contribution in [3.8, 4) is 0 Å². The van der Waals surface area contributed by atoms with Gasteiger partial charge in [0.1, 0.15) is 11.4 Å². The third kappa shape index (κ3) is 7.17. The first-order valence-corrected chi connectivity index (χ1v) is 15.1. The molecule has 8 nitrogen and oxygen atoms in total. The summed E-state index contributed by atoms with van der Waals surface area (Å²) in [7, 11) is 3.92. The van der Waals surface area contributed by atoms with Gasteiger partial charge in [-0.05, 0) is 62.9 Å². The zero-order chi connectivity index (χ0) is 30.1. The van der Waals surface area contributed by atoms with Gasteiger partial charge in [-0.25, -0.2) is 4.98 Å². The molecule has 0 saturated carbocycles. The minimum atomic E-state index is -1.13. The number of benzene rings is 2. The highest BCUT2D eigenvalue weighted by Gasteiger charge is 2.42. The van der Waals surface area contributed by atoms with Gasteiger partial charge >= 0.3 is 0 Å². The zero-order valence-electron chi connectivity index (χ0n) is 25.3. The number of hydrogen-bond acceptors (Lipinski definition) is 6. The Morgan fingerprint density at radius 2 is 1.57 bits per heavy atom. The van der Waals surface area contributed by atoms with Crippen molar-refractivity contribution in [3.63, 3.8) is 0 Å². The molecule has 2 heterocycles. The smallest absolute Gasteiger partial charge is 0.255 e. The van der Waals surface area contributed by atoms with Gasteiger partial charge in [0.2, 0.25) is 5.91 Å². The van der Waals surface area contributed by atoms with Gasteiger partial charge in [-0.1, -0.05) is 74.5 Å². The van der Waals surface area contributed by atoms with Crippen molar-refractivity contribution in [3.05, 3.63) is 89.6 Å². The number of carbonyl (C=O) groups is 2. The number of carbonyl (C=O) groups excluding carboxylic acids is 2. The fourth-order valence-corrected chi connectivity index (χ4v) is 5.87. The Balaban J connectivity index is 1.58. The summed E-state index contributed by atoms with van der Waals surface area (Å²) in [6, 6.07) is 21.5. The van der Waals surface area contributed by atoms with Crippen LogP contribution in [0.25, 0.3) is 0 Å². The van der Waals surface area contributed by atoms with Gasteiger partial charge in [0.25, 0.3) is 5.91 Å². The molecule has 4 rings (SSSR count). The van der Waals surface area contributed by atoms with Crippen molar-refractivity contribution in [2.24, 2.45) is 11.8 Å². The van der Waals surface area contributed by atoms with Crippen molar-refractivity contribution in [2.75, 3.05) is 50.5 Å². The summed E-state index contributed by atoms with van der Waals surface area (Å²) >= 11 is 0. The standard InChI is InChI=1S/C34H45N5O3/c1-5-25(6-2)32(40)37-29-23-30(33(41)35-19-22-38(3)4)31(36-24-29)39-20-17-28(18-21-39)34(42,26-13-9-7-10-14-26)27-15-11-8-12-16-27/h7-16,23-25,28,42H,5-6,17-22H2,1-4H3,(H,35,41)(H,37,40). The van der Waals surface area contributed by atoms with E-state index in [1.54, 1.807) is 12.3 Å². The van der Waals surface area contributed by atoms with Crippen LogP contribution in [0, 0.1) is 11.8 Å². The number of likely N-dealkylation sites (N-methyl/N-ethyl adjacent to an activating group) is 1. The summed E-state index contributed by atoms with van der Waals surface area (Å²) in [5.41, 5.74) is 1.59. The predicted octanol–water partition coefficient (Wildman–Crippen LogP) is 4.90. The maximum Gasteiger partial charge on any atom is 0.255 e. The van der Waals surface area contributed by atoms with Crippen LogP contribution in [0.1, 0.15) is 61.0 Å². The van der Waals surface area contributed by atoms with E-state index in [1.807, 2.05) is 93.5 Å². The van der Waals surface area contributed by atoms with Crippen LogP contribution in [-0.2, 0) is 10.4 Å². The van der Waals surface area contributed by atoms with Gasteiger partial charge in [-0.3, -0.25) is 9.59 Å². The Bertz CT molecular complexity index is 1260. The lowest BCUT2D eigenvalue weighted by Crippen LogP contribution is -2.45. The Morgan fingerprint density at radius 1 is 1.00 bits per heavy atom. The molecule has 1 saturated heterocycles. The molecule has 0 atom stereocenters. The Morgan fingerprint density at radius 3 is 2.10 bits per heavy atom. The number of hydrogen-bond donors (Lipinski definition) is 3. The highest BCUT2D eigenvalue weighted by Crippen LogP contribution is 2.42. The van der Waals surface area contributed by atoms with Crippen LogP contribution in [0.2, 0.25) is 0 Å². The molecule has 0 bridgehead atoms. The minimum absolute atomic E-state index is 0.0190. The van der Waals surface area contributed by atoms with E-state index in [-0.39, 0.29) is 23.7 Å². The number of aromatic nitrogens is 1. The van der Waals surface area contributed by atoms with E-state index in [1.165, 1.54) is 0 Å². The highest BCUT2D eigenvalue weighted by molar-refractivity contribution is 6.01. The van der Waals surface area contributed by atoms with Crippen molar-refractivity contribution < 1.29 is 14.7 Å². The molecule has 2 aromatic carbocycles. The third-order valence-corrected chi connectivity index (χ3v) is 8.39. The fraction of sp³-hybridized carbons (Fsp3) is 0.441. The number of pyridine rings is 1. The first-order chi connectivity index (χ1) is 20.3. The highest BCUT2D eigenvalue weighted by atomic mass is 16.3. The van der Waals surface area contributed by atoms with Crippen LogP contribution in [0.5, 0.6) is 0 Å². The molecular formula is C34H45N5O3. The van der Waals surface area contributed by atoms with Crippen LogP contribution in [0.15, 0.2) is 72.9 Å². The number of rotatable bonds is 12. The minimum Gasteiger partial charge on any atom is -0.380 e. The Labute approximate surface area is 250 Å². The van der Waals surface area contributed by atoms with Gasteiger partial charge in [0, 0.05) is 32.1 Å². The molecule has 224 valence electrons. The van der Waals surface area contributed by atoms with Crippen LogP contribution in [0.3, 0.4) is 0 Å². The lowest BCUT2D eigenvalue weighted by Gasteiger charge is -2.43. The van der Waals surface area contributed by atoms with Gasteiger partial charge in [0.05, 0.1) is 17.4 Å². The molecule has 0 spiro atoms. The molecule has 8 heteroatoms. The molecule has 0 radical (unpaired) electrons. The van der Waals surface area contributed by atoms with Gasteiger partial charge < -0.3 is 25.5 Å². The lowest BCUT2D eigenvalue weighted by molar-refractivity contribution is -0.120. The van der Waals surface area contributed by atoms with Crippen LogP contribution in [0.4, 0.5) is 11.5 Å². The van der Waals surface area contributed by atoms with E-state index in [0.717, 1.165) is 36.8 Å². The molecular weight excluding hydrogens is 526 g/mol. The lowest BCUT2D eigenvalue weighted by atomic mass is 9.72. The van der Waals surface area contributed by atoms with Crippen LogP contribution < -0.4 is 15.5 Å². The van der Waals surface area contributed by atoms with Gasteiger partial charge in [-0.15, -0.1) is 0 Å². The van der Waals surface area contributed by atoms with Gasteiger partial charge in [0.15, 0.2) is 0 Å². The van der Waals surface area contributed by atoms with E-state index in [2.05, 4.69) is 15.5 Å². The number of nitrogens with zero attached hydrogens (tertiary/aromatic N) is 3. The number of piperidine rings is 1. The summed E-state index contributed by atoms with van der Waals surface area (Å²) in [6.07, 6.45) is 4.58. The molecule has 3 aromatic rings. The second-order valence-electron chi connectivity index (χ2n) is 11.4. The molecule has 1 aliphatic rings. The molecule has 0 unspecified atom stereocenters. The Kier molecular flexibility index (Phi) is 10.7. The normalized spacial score (nSPS) is 14.3. The monoisotopic (exact) mass is 571 g/mol. The largest absolute Gasteiger partial charge is 0.380 e. The van der Waals surface area contributed by atoms with Crippen molar-refractivity contribution >= 4 is 23.3 Å². The summed E-state index contributed by atoms with van der Waals surface area (Å²) < 4.78 is 0. The van der Waals surface area contributed by atoms with Gasteiger partial charge in [-0.2, -0.15) is 0 Å². The number of amides is 2. The topological polar surface area (TPSA) is 97.8 Å². The summed E-state index contributed by atoms with van der Waals surface area (Å²) in [6.45, 7) is 6.48. The van der Waals surface area contributed by atoms with Crippen molar-refractivity contribution in [1.29, 1.82) is 0 Å². The van der Waals surface area contributed by atoms with Crippen molar-refractivity contribution in [1.82, 2.24) is 15.2 Å². The second-order valence-corrected chi connectivity index (χ2v) is 11.4. The van der Waals surface area contributed by atoms with E-state index >= 15 is 0 Å². The van der Waals surface area contributed by atoms with Crippen molar-refractivity contribution in [2.45, 2.75) is 45.1 Å². The molecule has 1 aromatic heterocycles. The van der Waals surface area contributed by atoms with E-state index in [9.17, 15) is 14.7 Å². The molecule has 1 fully saturated rings. The molecule has 3 N–H and O–H groups in total. The summed E-state index contributed by atoms with van der Waals surface area (Å²) in [5, 5.41) is 18.3. The summed E-state index contributed by atoms with van der Waals surface area (Å²) in [5.74, 6) is 0.212. The number of nitrogens with one attached hydrogen (secondary N) is 2. The number of anilines is 2. The molecule has 2 amide bonds. The molecule has 42 heavy (non-hydrogen) atoms. The number of aliphatic hydroxyl groups is 1. The molecule has 1 aliphatic heterocycles. The first kappa shape index (κ1) is 31.2. The first-order valence-electron chi connectivity index (χ1n) is 15.1. The summed E-state index contributed by atoms with van der Waals surface area (Å²) in [4.78, 5) is 35.0. The van der Waals surface area contributed by atoms with E-state index < -0.39 is 5.60 Å². The van der Waals surface area contributed by atoms with E-state index in [0.29, 0.717) is 43.2 Å². The second kappa shape index (κ2) is 14.4. The average Bonchev–Trinajstić information content (AvgIpc) is 3.02. The maximum atomic E-state index is 13.4. The van der Waals surface area contributed by atoms with Crippen LogP contribution in [-0.4, -0.2) is 67.1 Å². The SMILES string of the molecule is CCC(CC)C(=O)Nc1cnc(N2CCC(C(O)(c3ccccc3)c3ccccc3)CC2)c(C(=O)NCCN(C)C)c1. The zero-order valence-corrected chi connectivity index (χ0v) is 25.3. The quantitative estimate of drug-likeness (QED) is 0.286. The predicted molar refractivity (Wildman–Crippen MR) is 169 cm³/mol. The van der Waals surface area contributed by atoms with Crippen LogP contribution >= 0.6 is 0 Å². The third-order valence-electron chi connectivity index (χ3n) is 8.39. The maximum absolute atomic E-state index is 13.4. The molecule has 0 aliphatic carbocycles. The average molecular weight is 572 g/mol. The Hall–Kier alpha value is -3.75. The van der Waals surface area contributed by atoms with E-state index in [4.69, 9.17) is 4.98 Å².